The fraction of sp³-hybridized carbons (Fsp3) is 0.750. The molecule has 0 spiro atoms. The number of carboxylic acids is 3. The Balaban J connectivity index is 4.23. The van der Waals surface area contributed by atoms with Crippen LogP contribution in [0.3, 0.4) is 0 Å². The summed E-state index contributed by atoms with van der Waals surface area (Å²) in [5.41, 5.74) is 0. The van der Waals surface area contributed by atoms with Crippen molar-refractivity contribution < 1.29 is 114 Å². The molecule has 0 bridgehead atoms. The summed E-state index contributed by atoms with van der Waals surface area (Å²) < 4.78 is 83.2. The van der Waals surface area contributed by atoms with Crippen LogP contribution in [-0.4, -0.2) is 122 Å². The molecule has 0 aromatic carbocycles. The number of esters is 3. The summed E-state index contributed by atoms with van der Waals surface area (Å²) in [5.74, 6) is -9.02. The van der Waals surface area contributed by atoms with Crippen molar-refractivity contribution in [2.75, 3.05) is 19.8 Å². The van der Waals surface area contributed by atoms with Gasteiger partial charge in [-0.15, -0.1) is 0 Å². The molecule has 1 aliphatic carbocycles. The normalized spacial score (nSPS) is 25.3. The minimum Gasteiger partial charge on any atom is -0.480 e. The first-order valence-electron chi connectivity index (χ1n) is 14.8. The van der Waals surface area contributed by atoms with E-state index in [9.17, 15) is 57.1 Å². The average molecular weight is 804 g/mol. The van der Waals surface area contributed by atoms with Crippen LogP contribution in [0, 0.1) is 0 Å². The summed E-state index contributed by atoms with van der Waals surface area (Å²) in [6.07, 6.45) is -16.2. The van der Waals surface area contributed by atoms with Crippen molar-refractivity contribution >= 4 is 59.3 Å². The number of carboxylic acid groups (broad SMARTS) is 3. The lowest BCUT2D eigenvalue weighted by atomic mass is 9.84. The maximum atomic E-state index is 13.0. The van der Waals surface area contributed by atoms with Gasteiger partial charge in [0.1, 0.15) is 18.3 Å². The van der Waals surface area contributed by atoms with Gasteiger partial charge < -0.3 is 44.2 Å². The third kappa shape index (κ3) is 17.0. The highest BCUT2D eigenvalue weighted by atomic mass is 31.2. The van der Waals surface area contributed by atoms with Gasteiger partial charge in [-0.3, -0.25) is 41.5 Å². The second kappa shape index (κ2) is 21.0. The van der Waals surface area contributed by atoms with Gasteiger partial charge in [0.25, 0.3) is 0 Å². The van der Waals surface area contributed by atoms with Crippen LogP contribution in [0.2, 0.25) is 0 Å². The zero-order valence-corrected chi connectivity index (χ0v) is 29.9. The van der Waals surface area contributed by atoms with Gasteiger partial charge in [0.2, 0.25) is 0 Å². The molecule has 5 unspecified atom stereocenters. The zero-order valence-electron chi connectivity index (χ0n) is 27.2. The van der Waals surface area contributed by atoms with E-state index in [0.29, 0.717) is 0 Å². The monoisotopic (exact) mass is 804 g/mol. The second-order valence-electron chi connectivity index (χ2n) is 10.2. The summed E-state index contributed by atoms with van der Waals surface area (Å²) >= 11 is 0. The summed E-state index contributed by atoms with van der Waals surface area (Å²) in [5, 5.41) is 26.9. The summed E-state index contributed by atoms with van der Waals surface area (Å²) in [4.78, 5) is 103. The first-order valence-corrected chi connectivity index (χ1v) is 19.3. The minimum atomic E-state index is -5.83. The van der Waals surface area contributed by atoms with Gasteiger partial charge >= 0.3 is 59.3 Å². The van der Waals surface area contributed by atoms with Crippen LogP contribution in [0.4, 0.5) is 0 Å². The molecule has 0 radical (unpaired) electrons. The molecule has 6 N–H and O–H groups in total. The molecule has 294 valence electrons. The molecule has 51 heavy (non-hydrogen) atoms. The standard InChI is InChI=1S/C24H39O24P3/c1-4-7-16(31)43-19-20(44-17(32)8-5-2)22(46-49(34,35)40-10-13(25)26)24(48-51(38,39)42-12-15(29)30)23(21(19)45-18(33)9-6-3)47-50(36,37)41-11-14(27)28/h19-24H,4-12H2,1-3H3,(H,25,26)(H,27,28)(H,29,30)(H,34,35)(H,36,37)(H,38,39)/t19?,20-,21+,22-,23-,24?/m0/s1. The molecule has 1 fully saturated rings. The fourth-order valence-electron chi connectivity index (χ4n) is 4.09. The first kappa shape index (κ1) is 46.2. The Morgan fingerprint density at radius 3 is 0.882 bits per heavy atom. The maximum Gasteiger partial charge on any atom is 0.473 e. The van der Waals surface area contributed by atoms with Crippen molar-refractivity contribution in [3.8, 4) is 0 Å². The van der Waals surface area contributed by atoms with E-state index in [0.717, 1.165) is 0 Å². The number of phosphoric acid groups is 3. The largest absolute Gasteiger partial charge is 0.480 e. The highest BCUT2D eigenvalue weighted by Gasteiger charge is 2.62. The van der Waals surface area contributed by atoms with E-state index in [4.69, 9.17) is 43.1 Å². The summed E-state index contributed by atoms with van der Waals surface area (Å²) in [6, 6.07) is 0. The molecule has 0 aliphatic heterocycles. The first-order chi connectivity index (χ1) is 23.6. The molecule has 1 saturated carbocycles. The number of hydrogen-bond donors (Lipinski definition) is 6. The Labute approximate surface area is 289 Å². The Kier molecular flexibility index (Phi) is 19.0. The molecule has 0 saturated heterocycles. The Morgan fingerprint density at radius 1 is 0.451 bits per heavy atom. The number of carbonyl (C=O) groups is 6. The number of carbonyl (C=O) groups excluding carboxylic acids is 3. The van der Waals surface area contributed by atoms with E-state index in [2.05, 4.69) is 13.6 Å². The molecule has 0 heterocycles. The molecule has 0 aromatic heterocycles. The molecular formula is C24H39O24P3. The molecule has 27 heteroatoms. The van der Waals surface area contributed by atoms with E-state index < -0.39 is 135 Å². The van der Waals surface area contributed by atoms with Crippen LogP contribution in [0.15, 0.2) is 0 Å². The lowest BCUT2D eigenvalue weighted by molar-refractivity contribution is -0.241. The lowest BCUT2D eigenvalue weighted by Gasteiger charge is -2.48. The highest BCUT2D eigenvalue weighted by molar-refractivity contribution is 7.48. The van der Waals surface area contributed by atoms with E-state index in [1.807, 2.05) is 0 Å². The highest BCUT2D eigenvalue weighted by Crippen LogP contribution is 2.55. The quantitative estimate of drug-likeness (QED) is 0.0448. The summed E-state index contributed by atoms with van der Waals surface area (Å²) in [7, 11) is -17.4. The van der Waals surface area contributed by atoms with Crippen molar-refractivity contribution in [3.05, 3.63) is 0 Å². The van der Waals surface area contributed by atoms with Crippen LogP contribution < -0.4 is 0 Å². The van der Waals surface area contributed by atoms with Gasteiger partial charge in [0.05, 0.1) is 0 Å². The van der Waals surface area contributed by atoms with Crippen LogP contribution in [-0.2, 0) is 83.8 Å². The van der Waals surface area contributed by atoms with E-state index in [1.54, 1.807) is 0 Å². The van der Waals surface area contributed by atoms with E-state index in [-0.39, 0.29) is 19.3 Å². The van der Waals surface area contributed by atoms with Gasteiger partial charge in [0, 0.05) is 19.3 Å². The molecule has 0 amide bonds. The van der Waals surface area contributed by atoms with Crippen LogP contribution >= 0.6 is 23.5 Å². The van der Waals surface area contributed by atoms with E-state index in [1.165, 1.54) is 20.8 Å². The SMILES string of the molecule is CCCC(=O)OC1[C@@H](OC(=O)CCC)[C@H](OP(=O)(O)OCC(=O)O)C(OP(=O)(O)OCC(=O)O)[C@@H](OP(=O)(O)OCC(=O)O)[C@H]1OC(=O)CCC. The second-order valence-corrected chi connectivity index (χ2v) is 14.4. The average Bonchev–Trinajstić information content (AvgIpc) is 2.99. The van der Waals surface area contributed by atoms with Crippen LogP contribution in [0.1, 0.15) is 59.3 Å². The van der Waals surface area contributed by atoms with Gasteiger partial charge in [-0.05, 0) is 19.3 Å². The number of aliphatic carboxylic acids is 3. The van der Waals surface area contributed by atoms with Crippen molar-refractivity contribution in [2.24, 2.45) is 0 Å². The van der Waals surface area contributed by atoms with Gasteiger partial charge in [-0.2, -0.15) is 0 Å². The number of phosphoric ester groups is 3. The predicted octanol–water partition coefficient (Wildman–Crippen LogP) is 0.896. The fourth-order valence-corrected chi connectivity index (χ4v) is 6.74. The van der Waals surface area contributed by atoms with Crippen LogP contribution in [0.5, 0.6) is 0 Å². The zero-order chi connectivity index (χ0) is 39.2. The van der Waals surface area contributed by atoms with E-state index >= 15 is 0 Å². The predicted molar refractivity (Wildman–Crippen MR) is 159 cm³/mol. The Morgan fingerprint density at radius 2 is 0.667 bits per heavy atom. The third-order valence-electron chi connectivity index (χ3n) is 5.93. The number of rotatable bonds is 24. The van der Waals surface area contributed by atoms with Crippen molar-refractivity contribution in [1.29, 1.82) is 0 Å². The smallest absolute Gasteiger partial charge is 0.473 e. The van der Waals surface area contributed by atoms with Crippen molar-refractivity contribution in [2.45, 2.75) is 95.9 Å². The Bertz CT molecular complexity index is 1310. The molecule has 24 nitrogen and oxygen atoms in total. The lowest BCUT2D eigenvalue weighted by Crippen LogP contribution is -2.68. The molecule has 9 atom stereocenters. The number of ether oxygens (including phenoxy) is 3. The third-order valence-corrected chi connectivity index (χ3v) is 8.82. The van der Waals surface area contributed by atoms with Gasteiger partial charge in [-0.1, -0.05) is 20.8 Å². The number of hydrogen-bond acceptors (Lipinski definition) is 18. The summed E-state index contributed by atoms with van der Waals surface area (Å²) in [6.45, 7) is -0.111. The van der Waals surface area contributed by atoms with Crippen LogP contribution in [0.25, 0.3) is 0 Å². The van der Waals surface area contributed by atoms with Crippen molar-refractivity contribution in [1.82, 2.24) is 0 Å². The van der Waals surface area contributed by atoms with Gasteiger partial charge in [-0.25, -0.2) is 28.1 Å². The topological polar surface area (TPSA) is 358 Å². The molecule has 1 rings (SSSR count). The molecule has 0 aromatic rings. The molecule has 1 aliphatic rings. The van der Waals surface area contributed by atoms with Gasteiger partial charge in [0.15, 0.2) is 38.1 Å². The molecular weight excluding hydrogens is 765 g/mol. The Hall–Kier alpha value is -2.85. The van der Waals surface area contributed by atoms with Crippen molar-refractivity contribution in [3.63, 3.8) is 0 Å². The maximum absolute atomic E-state index is 13.0. The minimum absolute atomic E-state index is 0.0850.